The molecule has 0 atom stereocenters. The van der Waals surface area contributed by atoms with Crippen molar-refractivity contribution in [2.45, 2.75) is 6.54 Å². The van der Waals surface area contributed by atoms with Crippen LogP contribution in [-0.4, -0.2) is 41.1 Å². The van der Waals surface area contributed by atoms with Gasteiger partial charge < -0.3 is 5.11 Å². The van der Waals surface area contributed by atoms with Crippen LogP contribution in [0.1, 0.15) is 16.2 Å². The van der Waals surface area contributed by atoms with Crippen LogP contribution < -0.4 is 11.3 Å². The van der Waals surface area contributed by atoms with E-state index < -0.39 is 5.91 Å². The molecule has 6 heteroatoms. The molecule has 4 N–H and O–H groups in total. The predicted molar refractivity (Wildman–Crippen MR) is 59.3 cm³/mol. The largest absolute Gasteiger partial charge is 0.395 e. The van der Waals surface area contributed by atoms with E-state index in [2.05, 4.69) is 4.98 Å². The van der Waals surface area contributed by atoms with Gasteiger partial charge in [0.25, 0.3) is 5.91 Å². The number of aromatic nitrogens is 1. The number of carbonyl (C=O) groups is 1. The number of amides is 1. The Bertz CT molecular complexity index is 356. The first-order chi connectivity index (χ1) is 7.67. The Morgan fingerprint density at radius 3 is 3.00 bits per heavy atom. The van der Waals surface area contributed by atoms with E-state index in [4.69, 9.17) is 10.9 Å². The first-order valence-corrected chi connectivity index (χ1v) is 4.93. The van der Waals surface area contributed by atoms with Gasteiger partial charge in [-0.1, -0.05) is 6.07 Å². The van der Waals surface area contributed by atoms with Crippen LogP contribution in [0, 0.1) is 0 Å². The molecule has 16 heavy (non-hydrogen) atoms. The number of nitrogens with one attached hydrogen (secondary N) is 1. The molecule has 0 aromatic carbocycles. The molecule has 0 saturated heterocycles. The third-order valence-corrected chi connectivity index (χ3v) is 2.08. The lowest BCUT2D eigenvalue weighted by atomic mass is 10.3. The number of pyridine rings is 1. The quantitative estimate of drug-likeness (QED) is 0.343. The number of nitrogens with zero attached hydrogens (tertiary/aromatic N) is 2. The summed E-state index contributed by atoms with van der Waals surface area (Å²) in [6.07, 6.45) is 0. The number of hydrogen-bond acceptors (Lipinski definition) is 5. The summed E-state index contributed by atoms with van der Waals surface area (Å²) in [5, 5.41) is 8.75. The van der Waals surface area contributed by atoms with E-state index in [0.29, 0.717) is 13.1 Å². The van der Waals surface area contributed by atoms with Crippen molar-refractivity contribution in [1.29, 1.82) is 0 Å². The minimum atomic E-state index is -0.410. The zero-order valence-electron chi connectivity index (χ0n) is 9.18. The summed E-state index contributed by atoms with van der Waals surface area (Å²) in [4.78, 5) is 17.3. The summed E-state index contributed by atoms with van der Waals surface area (Å²) in [5.74, 6) is 4.61. The van der Waals surface area contributed by atoms with Gasteiger partial charge in [0.15, 0.2) is 0 Å². The SMILES string of the molecule is CN(CCO)Cc1cccc(C(=O)NN)n1. The number of hydrogen-bond donors (Lipinski definition) is 3. The van der Waals surface area contributed by atoms with Crippen molar-refractivity contribution in [3.05, 3.63) is 29.6 Å². The standard InChI is InChI=1S/C10H16N4O2/c1-14(5-6-15)7-8-3-2-4-9(12-8)10(16)13-11/h2-4,15H,5-7,11H2,1H3,(H,13,16). The maximum Gasteiger partial charge on any atom is 0.283 e. The maximum atomic E-state index is 11.2. The fourth-order valence-electron chi connectivity index (χ4n) is 1.29. The smallest absolute Gasteiger partial charge is 0.283 e. The molecule has 0 unspecified atom stereocenters. The van der Waals surface area contributed by atoms with E-state index >= 15 is 0 Å². The van der Waals surface area contributed by atoms with Gasteiger partial charge in [-0.2, -0.15) is 0 Å². The number of likely N-dealkylation sites (N-methyl/N-ethyl adjacent to an activating group) is 1. The van der Waals surface area contributed by atoms with Crippen molar-refractivity contribution < 1.29 is 9.90 Å². The molecule has 88 valence electrons. The van der Waals surface area contributed by atoms with Crippen LogP contribution in [0.2, 0.25) is 0 Å². The fraction of sp³-hybridized carbons (Fsp3) is 0.400. The van der Waals surface area contributed by atoms with Crippen LogP contribution in [-0.2, 0) is 6.54 Å². The van der Waals surface area contributed by atoms with Gasteiger partial charge >= 0.3 is 0 Å². The predicted octanol–water partition coefficient (Wildman–Crippen LogP) is -0.891. The molecule has 0 bridgehead atoms. The van der Waals surface area contributed by atoms with Crippen molar-refractivity contribution in [2.75, 3.05) is 20.2 Å². The maximum absolute atomic E-state index is 11.2. The third-order valence-electron chi connectivity index (χ3n) is 2.08. The first kappa shape index (κ1) is 12.6. The molecule has 0 aliphatic rings. The highest BCUT2D eigenvalue weighted by molar-refractivity contribution is 5.91. The molecule has 1 rings (SSSR count). The van der Waals surface area contributed by atoms with Crippen LogP contribution >= 0.6 is 0 Å². The molecule has 0 radical (unpaired) electrons. The lowest BCUT2D eigenvalue weighted by molar-refractivity contribution is 0.0948. The van der Waals surface area contributed by atoms with Gasteiger partial charge in [-0.3, -0.25) is 15.1 Å². The summed E-state index contributed by atoms with van der Waals surface area (Å²) in [7, 11) is 1.87. The molecular weight excluding hydrogens is 208 g/mol. The summed E-state index contributed by atoms with van der Waals surface area (Å²) in [6.45, 7) is 1.24. The summed E-state index contributed by atoms with van der Waals surface area (Å²) in [6, 6.07) is 5.17. The van der Waals surface area contributed by atoms with Crippen LogP contribution in [0.5, 0.6) is 0 Å². The lowest BCUT2D eigenvalue weighted by Gasteiger charge is -2.14. The van der Waals surface area contributed by atoms with Crippen LogP contribution in [0.4, 0.5) is 0 Å². The van der Waals surface area contributed by atoms with Crippen molar-refractivity contribution in [1.82, 2.24) is 15.3 Å². The van der Waals surface area contributed by atoms with Crippen LogP contribution in [0.25, 0.3) is 0 Å². The summed E-state index contributed by atoms with van der Waals surface area (Å²) < 4.78 is 0. The minimum absolute atomic E-state index is 0.0967. The van der Waals surface area contributed by atoms with Gasteiger partial charge in [0.2, 0.25) is 0 Å². The van der Waals surface area contributed by atoms with Crippen LogP contribution in [0.3, 0.4) is 0 Å². The van der Waals surface area contributed by atoms with Gasteiger partial charge in [-0.25, -0.2) is 10.8 Å². The number of hydrazine groups is 1. The average molecular weight is 224 g/mol. The Morgan fingerprint density at radius 1 is 1.62 bits per heavy atom. The summed E-state index contributed by atoms with van der Waals surface area (Å²) >= 11 is 0. The first-order valence-electron chi connectivity index (χ1n) is 4.93. The van der Waals surface area contributed by atoms with Crippen molar-refractivity contribution in [3.63, 3.8) is 0 Å². The number of aliphatic hydroxyl groups excluding tert-OH is 1. The van der Waals surface area contributed by atoms with Crippen molar-refractivity contribution >= 4 is 5.91 Å². The molecule has 6 nitrogen and oxygen atoms in total. The van der Waals surface area contributed by atoms with E-state index in [1.54, 1.807) is 12.1 Å². The molecule has 1 aromatic heterocycles. The van der Waals surface area contributed by atoms with Crippen molar-refractivity contribution in [3.8, 4) is 0 Å². The number of nitrogen functional groups attached to an aromatic ring is 1. The van der Waals surface area contributed by atoms with E-state index in [9.17, 15) is 4.79 Å². The Kier molecular flexibility index (Phi) is 4.84. The van der Waals surface area contributed by atoms with Gasteiger partial charge in [-0.15, -0.1) is 0 Å². The zero-order valence-corrected chi connectivity index (χ0v) is 9.18. The van der Waals surface area contributed by atoms with Crippen molar-refractivity contribution in [2.24, 2.45) is 5.84 Å². The minimum Gasteiger partial charge on any atom is -0.395 e. The van der Waals surface area contributed by atoms with Gasteiger partial charge in [0, 0.05) is 13.1 Å². The number of rotatable bonds is 5. The topological polar surface area (TPSA) is 91.5 Å². The second kappa shape index (κ2) is 6.16. The lowest BCUT2D eigenvalue weighted by Crippen LogP contribution is -2.31. The summed E-state index contributed by atoms with van der Waals surface area (Å²) in [5.41, 5.74) is 3.08. The highest BCUT2D eigenvalue weighted by Crippen LogP contribution is 2.02. The normalized spacial score (nSPS) is 10.5. The van der Waals surface area contributed by atoms with E-state index in [0.717, 1.165) is 5.69 Å². The highest BCUT2D eigenvalue weighted by atomic mass is 16.3. The average Bonchev–Trinajstić information content (AvgIpc) is 2.28. The molecular formula is C10H16N4O2. The Labute approximate surface area is 94.1 Å². The zero-order chi connectivity index (χ0) is 12.0. The molecule has 0 aliphatic carbocycles. The molecule has 0 saturated carbocycles. The molecule has 1 aromatic rings. The molecule has 1 amide bonds. The van der Waals surface area contributed by atoms with Gasteiger partial charge in [0.1, 0.15) is 5.69 Å². The number of aliphatic hydroxyl groups is 1. The molecule has 1 heterocycles. The third kappa shape index (κ3) is 3.58. The van der Waals surface area contributed by atoms with E-state index in [1.165, 1.54) is 0 Å². The molecule has 0 aliphatic heterocycles. The molecule has 0 fully saturated rings. The number of carbonyl (C=O) groups excluding carboxylic acids is 1. The Morgan fingerprint density at radius 2 is 2.38 bits per heavy atom. The van der Waals surface area contributed by atoms with Gasteiger partial charge in [0.05, 0.1) is 12.3 Å². The second-order valence-corrected chi connectivity index (χ2v) is 3.45. The van der Waals surface area contributed by atoms with E-state index in [-0.39, 0.29) is 12.3 Å². The fourth-order valence-corrected chi connectivity index (χ4v) is 1.29. The highest BCUT2D eigenvalue weighted by Gasteiger charge is 2.07. The molecule has 0 spiro atoms. The van der Waals surface area contributed by atoms with Gasteiger partial charge in [-0.05, 0) is 19.2 Å². The second-order valence-electron chi connectivity index (χ2n) is 3.45. The Balaban J connectivity index is 2.70. The Hall–Kier alpha value is -1.50. The number of nitrogens with two attached hydrogens (primary N) is 1. The van der Waals surface area contributed by atoms with E-state index in [1.807, 2.05) is 23.4 Å². The van der Waals surface area contributed by atoms with Crippen LogP contribution in [0.15, 0.2) is 18.2 Å². The monoisotopic (exact) mass is 224 g/mol.